The second kappa shape index (κ2) is 9.75. The van der Waals surface area contributed by atoms with Gasteiger partial charge < -0.3 is 25.2 Å². The van der Waals surface area contributed by atoms with Gasteiger partial charge in [0.2, 0.25) is 5.91 Å². The molecule has 1 aromatic heterocycles. The Labute approximate surface area is 177 Å². The van der Waals surface area contributed by atoms with E-state index in [1.165, 1.54) is 5.69 Å². The largest absolute Gasteiger partial charge is 0.378 e. The number of carbonyl (C=O) groups is 1. The lowest BCUT2D eigenvalue weighted by molar-refractivity contribution is -0.120. The van der Waals surface area contributed by atoms with Gasteiger partial charge in [0.15, 0.2) is 5.82 Å². The molecule has 0 unspecified atom stereocenters. The van der Waals surface area contributed by atoms with E-state index in [0.717, 1.165) is 76.1 Å². The van der Waals surface area contributed by atoms with Gasteiger partial charge >= 0.3 is 0 Å². The van der Waals surface area contributed by atoms with Gasteiger partial charge in [-0.05, 0) is 56.2 Å². The zero-order valence-corrected chi connectivity index (χ0v) is 17.5. The number of ether oxygens (including phenoxy) is 1. The summed E-state index contributed by atoms with van der Waals surface area (Å²) in [5, 5.41) is 14.7. The van der Waals surface area contributed by atoms with Crippen molar-refractivity contribution in [1.82, 2.24) is 10.2 Å². The highest BCUT2D eigenvalue weighted by Gasteiger charge is 2.26. The molecule has 0 spiro atoms. The van der Waals surface area contributed by atoms with Crippen LogP contribution in [0.5, 0.6) is 0 Å². The normalized spacial score (nSPS) is 17.6. The van der Waals surface area contributed by atoms with Crippen LogP contribution < -0.4 is 20.4 Å². The maximum Gasteiger partial charge on any atom is 0.227 e. The van der Waals surface area contributed by atoms with Gasteiger partial charge in [-0.1, -0.05) is 0 Å². The topological polar surface area (TPSA) is 82.6 Å². The van der Waals surface area contributed by atoms with Gasteiger partial charge in [-0.3, -0.25) is 4.79 Å². The molecule has 2 saturated heterocycles. The fraction of sp³-hybridized carbons (Fsp3) is 0.500. The van der Waals surface area contributed by atoms with Crippen molar-refractivity contribution >= 4 is 28.9 Å². The molecule has 1 amide bonds. The SMILES string of the molecule is CCNc1ccc(N2CCC(C(=O)Nc3ccc(N4CCOCC4)cc3)CC2)nn1. The Morgan fingerprint density at radius 2 is 1.73 bits per heavy atom. The van der Waals surface area contributed by atoms with Gasteiger partial charge in [-0.25, -0.2) is 0 Å². The molecule has 30 heavy (non-hydrogen) atoms. The number of nitrogens with one attached hydrogen (secondary N) is 2. The number of benzene rings is 1. The molecule has 0 atom stereocenters. The average molecular weight is 411 g/mol. The van der Waals surface area contributed by atoms with Crippen LogP contribution in [0.1, 0.15) is 19.8 Å². The lowest BCUT2D eigenvalue weighted by Crippen LogP contribution is -2.38. The summed E-state index contributed by atoms with van der Waals surface area (Å²) in [5.41, 5.74) is 2.02. The molecule has 8 nitrogen and oxygen atoms in total. The summed E-state index contributed by atoms with van der Waals surface area (Å²) in [6.45, 7) is 7.82. The van der Waals surface area contributed by atoms with Crippen molar-refractivity contribution in [2.75, 3.05) is 66.4 Å². The molecule has 160 valence electrons. The van der Waals surface area contributed by atoms with Crippen LogP contribution in [-0.4, -0.2) is 62.0 Å². The highest BCUT2D eigenvalue weighted by Crippen LogP contribution is 2.24. The number of amides is 1. The Balaban J connectivity index is 1.27. The maximum atomic E-state index is 12.7. The first-order valence-electron chi connectivity index (χ1n) is 10.8. The molecule has 0 aliphatic carbocycles. The van der Waals surface area contributed by atoms with Crippen molar-refractivity contribution in [3.05, 3.63) is 36.4 Å². The number of morpholine rings is 1. The fourth-order valence-electron chi connectivity index (χ4n) is 3.96. The standard InChI is InChI=1S/C22H30N6O2/c1-2-23-20-7-8-21(26-25-20)28-11-9-17(10-12-28)22(29)24-18-3-5-19(6-4-18)27-13-15-30-16-14-27/h3-8,17H,2,9-16H2,1H3,(H,23,25)(H,24,29). The molecule has 4 rings (SSSR count). The molecule has 2 N–H and O–H groups in total. The lowest BCUT2D eigenvalue weighted by Gasteiger charge is -2.32. The number of hydrogen-bond acceptors (Lipinski definition) is 7. The molecule has 0 radical (unpaired) electrons. The maximum absolute atomic E-state index is 12.7. The minimum Gasteiger partial charge on any atom is -0.378 e. The van der Waals surface area contributed by atoms with Crippen molar-refractivity contribution < 1.29 is 9.53 Å². The van der Waals surface area contributed by atoms with E-state index in [1.807, 2.05) is 31.2 Å². The Kier molecular flexibility index (Phi) is 6.63. The Bertz CT molecular complexity index is 813. The molecular formula is C22H30N6O2. The Hall–Kier alpha value is -2.87. The third-order valence-electron chi connectivity index (χ3n) is 5.71. The predicted octanol–water partition coefficient (Wildman–Crippen LogP) is 2.60. The van der Waals surface area contributed by atoms with Crippen molar-refractivity contribution in [3.8, 4) is 0 Å². The summed E-state index contributed by atoms with van der Waals surface area (Å²) in [6, 6.07) is 12.0. The van der Waals surface area contributed by atoms with Crippen LogP contribution in [0.15, 0.2) is 36.4 Å². The van der Waals surface area contributed by atoms with Crippen molar-refractivity contribution in [2.24, 2.45) is 5.92 Å². The molecule has 2 aromatic rings. The number of piperidine rings is 1. The summed E-state index contributed by atoms with van der Waals surface area (Å²) < 4.78 is 5.40. The number of aromatic nitrogens is 2. The average Bonchev–Trinajstić information content (AvgIpc) is 2.81. The van der Waals surface area contributed by atoms with Crippen LogP contribution in [-0.2, 0) is 9.53 Å². The minimum atomic E-state index is 0.0224. The quantitative estimate of drug-likeness (QED) is 0.757. The van der Waals surface area contributed by atoms with E-state index in [4.69, 9.17) is 4.74 Å². The van der Waals surface area contributed by atoms with Gasteiger partial charge in [0.05, 0.1) is 13.2 Å². The van der Waals surface area contributed by atoms with E-state index in [1.54, 1.807) is 0 Å². The summed E-state index contributed by atoms with van der Waals surface area (Å²) >= 11 is 0. The number of nitrogens with zero attached hydrogens (tertiary/aromatic N) is 4. The summed E-state index contributed by atoms with van der Waals surface area (Å²) in [4.78, 5) is 17.2. The predicted molar refractivity (Wildman–Crippen MR) is 119 cm³/mol. The van der Waals surface area contributed by atoms with Crippen molar-refractivity contribution in [1.29, 1.82) is 0 Å². The molecule has 1 aromatic carbocycles. The third-order valence-corrected chi connectivity index (χ3v) is 5.71. The highest BCUT2D eigenvalue weighted by molar-refractivity contribution is 5.92. The molecule has 2 aliphatic heterocycles. The van der Waals surface area contributed by atoms with Gasteiger partial charge in [-0.2, -0.15) is 0 Å². The number of hydrogen-bond donors (Lipinski definition) is 2. The molecule has 8 heteroatoms. The fourth-order valence-corrected chi connectivity index (χ4v) is 3.96. The van der Waals surface area contributed by atoms with Crippen LogP contribution >= 0.6 is 0 Å². The van der Waals surface area contributed by atoms with Gasteiger partial charge in [0.25, 0.3) is 0 Å². The summed E-state index contributed by atoms with van der Waals surface area (Å²) in [5.74, 6) is 1.78. The summed E-state index contributed by atoms with van der Waals surface area (Å²) in [6.07, 6.45) is 1.63. The van der Waals surface area contributed by atoms with Crippen LogP contribution in [0.3, 0.4) is 0 Å². The first kappa shape index (κ1) is 20.4. The lowest BCUT2D eigenvalue weighted by atomic mass is 9.96. The molecule has 0 bridgehead atoms. The number of carbonyl (C=O) groups excluding carboxylic acids is 1. The van der Waals surface area contributed by atoms with Crippen molar-refractivity contribution in [2.45, 2.75) is 19.8 Å². The minimum absolute atomic E-state index is 0.0224. The van der Waals surface area contributed by atoms with Gasteiger partial charge in [0.1, 0.15) is 5.82 Å². The van der Waals surface area contributed by atoms with Crippen LogP contribution in [0.4, 0.5) is 23.0 Å². The second-order valence-corrected chi connectivity index (χ2v) is 7.70. The first-order valence-corrected chi connectivity index (χ1v) is 10.8. The third kappa shape index (κ3) is 4.99. The summed E-state index contributed by atoms with van der Waals surface area (Å²) in [7, 11) is 0. The van der Waals surface area contributed by atoms with E-state index in [0.29, 0.717) is 0 Å². The smallest absolute Gasteiger partial charge is 0.227 e. The molecule has 3 heterocycles. The van der Waals surface area contributed by atoms with Gasteiger partial charge in [-0.15, -0.1) is 10.2 Å². The Morgan fingerprint density at radius 3 is 2.37 bits per heavy atom. The zero-order chi connectivity index (χ0) is 20.8. The molecule has 2 aliphatic rings. The zero-order valence-electron chi connectivity index (χ0n) is 17.5. The highest BCUT2D eigenvalue weighted by atomic mass is 16.5. The van der Waals surface area contributed by atoms with E-state index in [9.17, 15) is 4.79 Å². The van der Waals surface area contributed by atoms with Crippen LogP contribution in [0.2, 0.25) is 0 Å². The first-order chi connectivity index (χ1) is 14.7. The molecule has 2 fully saturated rings. The second-order valence-electron chi connectivity index (χ2n) is 7.70. The van der Waals surface area contributed by atoms with Gasteiger partial charge in [0, 0.05) is 50.0 Å². The van der Waals surface area contributed by atoms with E-state index in [2.05, 4.69) is 42.8 Å². The van der Waals surface area contributed by atoms with E-state index < -0.39 is 0 Å². The number of rotatable bonds is 6. The van der Waals surface area contributed by atoms with E-state index in [-0.39, 0.29) is 11.8 Å². The molecular weight excluding hydrogens is 380 g/mol. The monoisotopic (exact) mass is 410 g/mol. The van der Waals surface area contributed by atoms with Crippen molar-refractivity contribution in [3.63, 3.8) is 0 Å². The Morgan fingerprint density at radius 1 is 1.00 bits per heavy atom. The number of anilines is 4. The van der Waals surface area contributed by atoms with Crippen LogP contribution in [0.25, 0.3) is 0 Å². The van der Waals surface area contributed by atoms with Crippen LogP contribution in [0, 0.1) is 5.92 Å². The van der Waals surface area contributed by atoms with E-state index >= 15 is 0 Å². The molecule has 0 saturated carbocycles.